The Morgan fingerprint density at radius 3 is 2.48 bits per heavy atom. The summed E-state index contributed by atoms with van der Waals surface area (Å²) in [5.41, 5.74) is 2.17. The van der Waals surface area contributed by atoms with Gasteiger partial charge in [-0.15, -0.1) is 28.3 Å². The van der Waals surface area contributed by atoms with Crippen LogP contribution in [0.1, 0.15) is 0 Å². The molecular formula is C15H12BrFN2OS. The zero-order valence-electron chi connectivity index (χ0n) is 10.8. The number of rotatable bonds is 3. The predicted octanol–water partition coefficient (Wildman–Crippen LogP) is 4.98. The lowest BCUT2D eigenvalue weighted by Crippen LogP contribution is -1.89. The fourth-order valence-electron chi connectivity index (χ4n) is 1.80. The summed E-state index contributed by atoms with van der Waals surface area (Å²) < 4.78 is 12.8. The lowest BCUT2D eigenvalue weighted by Gasteiger charge is -2.02. The quantitative estimate of drug-likeness (QED) is 0.687. The van der Waals surface area contributed by atoms with Gasteiger partial charge >= 0.3 is 0 Å². The van der Waals surface area contributed by atoms with Gasteiger partial charge in [0.25, 0.3) is 0 Å². The fraction of sp³-hybridized carbons (Fsp3) is 0. The summed E-state index contributed by atoms with van der Waals surface area (Å²) in [4.78, 5) is 4.41. The number of hydrogen-bond acceptors (Lipinski definition) is 4. The Kier molecular flexibility index (Phi) is 4.93. The average molecular weight is 367 g/mol. The first-order valence-corrected chi connectivity index (χ1v) is 6.87. The maximum absolute atomic E-state index is 12.8. The van der Waals surface area contributed by atoms with E-state index in [4.69, 9.17) is 0 Å². The van der Waals surface area contributed by atoms with Crippen LogP contribution in [0.4, 0.5) is 15.2 Å². The molecule has 21 heavy (non-hydrogen) atoms. The minimum absolute atomic E-state index is 0. The van der Waals surface area contributed by atoms with Gasteiger partial charge in [-0.2, -0.15) is 0 Å². The summed E-state index contributed by atoms with van der Waals surface area (Å²) in [5.74, 6) is -0.0734. The minimum Gasteiger partial charge on any atom is -0.507 e. The van der Waals surface area contributed by atoms with Gasteiger partial charge in [-0.05, 0) is 36.4 Å². The first kappa shape index (κ1) is 15.5. The Balaban J connectivity index is 0.00000161. The smallest absolute Gasteiger partial charge is 0.187 e. The highest BCUT2D eigenvalue weighted by Crippen LogP contribution is 2.32. The largest absolute Gasteiger partial charge is 0.507 e. The van der Waals surface area contributed by atoms with Crippen molar-refractivity contribution >= 4 is 39.1 Å². The van der Waals surface area contributed by atoms with Gasteiger partial charge in [0.2, 0.25) is 0 Å². The van der Waals surface area contributed by atoms with E-state index in [1.807, 2.05) is 17.5 Å². The maximum Gasteiger partial charge on any atom is 0.187 e. The van der Waals surface area contributed by atoms with Crippen molar-refractivity contribution in [2.24, 2.45) is 0 Å². The molecule has 108 valence electrons. The summed E-state index contributed by atoms with van der Waals surface area (Å²) in [6.07, 6.45) is 0. The Morgan fingerprint density at radius 1 is 1.05 bits per heavy atom. The third-order valence-corrected chi connectivity index (χ3v) is 3.54. The lowest BCUT2D eigenvalue weighted by atomic mass is 10.1. The number of phenolic OH excluding ortho intramolecular Hbond substituents is 1. The van der Waals surface area contributed by atoms with Crippen LogP contribution in [0.15, 0.2) is 53.9 Å². The van der Waals surface area contributed by atoms with Crippen LogP contribution >= 0.6 is 28.3 Å². The summed E-state index contributed by atoms with van der Waals surface area (Å²) in [6, 6.07) is 13.1. The van der Waals surface area contributed by atoms with Crippen molar-refractivity contribution in [2.45, 2.75) is 0 Å². The third-order valence-electron chi connectivity index (χ3n) is 2.78. The SMILES string of the molecule is Br.Oc1ccccc1-c1csc(Nc2ccc(F)cc2)n1. The summed E-state index contributed by atoms with van der Waals surface area (Å²) in [7, 11) is 0. The molecule has 0 saturated carbocycles. The Labute approximate surface area is 135 Å². The van der Waals surface area contributed by atoms with Crippen LogP contribution in [0.5, 0.6) is 5.75 Å². The van der Waals surface area contributed by atoms with Crippen molar-refractivity contribution in [2.75, 3.05) is 5.32 Å². The number of aromatic nitrogens is 1. The monoisotopic (exact) mass is 366 g/mol. The number of phenols is 1. The second kappa shape index (κ2) is 6.69. The molecule has 0 bridgehead atoms. The molecule has 0 saturated heterocycles. The summed E-state index contributed by atoms with van der Waals surface area (Å²) >= 11 is 1.43. The number of anilines is 2. The van der Waals surface area contributed by atoms with Crippen LogP contribution in [0.2, 0.25) is 0 Å². The molecule has 0 unspecified atom stereocenters. The molecule has 6 heteroatoms. The number of nitrogens with one attached hydrogen (secondary N) is 1. The minimum atomic E-state index is -0.274. The van der Waals surface area contributed by atoms with Crippen LogP contribution in [0, 0.1) is 5.82 Å². The number of thiazole rings is 1. The molecule has 0 amide bonds. The third kappa shape index (κ3) is 3.59. The zero-order valence-corrected chi connectivity index (χ0v) is 13.3. The van der Waals surface area contributed by atoms with Gasteiger partial charge in [0.05, 0.1) is 5.69 Å². The van der Waals surface area contributed by atoms with Gasteiger partial charge in [-0.1, -0.05) is 12.1 Å². The van der Waals surface area contributed by atoms with Gasteiger partial charge in [-0.25, -0.2) is 9.37 Å². The summed E-state index contributed by atoms with van der Waals surface area (Å²) in [5, 5.41) is 15.4. The first-order chi connectivity index (χ1) is 9.72. The van der Waals surface area contributed by atoms with E-state index in [-0.39, 0.29) is 28.5 Å². The van der Waals surface area contributed by atoms with Crippen LogP contribution in [0.3, 0.4) is 0 Å². The van der Waals surface area contributed by atoms with Gasteiger partial charge in [-0.3, -0.25) is 0 Å². The Morgan fingerprint density at radius 2 is 1.76 bits per heavy atom. The second-order valence-corrected chi connectivity index (χ2v) is 5.05. The molecule has 3 rings (SSSR count). The molecule has 1 heterocycles. The Hall–Kier alpha value is -1.92. The molecule has 0 radical (unpaired) electrons. The molecule has 2 N–H and O–H groups in total. The molecule has 0 spiro atoms. The zero-order chi connectivity index (χ0) is 13.9. The van der Waals surface area contributed by atoms with Crippen molar-refractivity contribution in [3.05, 3.63) is 59.7 Å². The van der Waals surface area contributed by atoms with E-state index in [1.54, 1.807) is 24.3 Å². The molecular weight excluding hydrogens is 355 g/mol. The van der Waals surface area contributed by atoms with Gasteiger partial charge < -0.3 is 10.4 Å². The highest BCUT2D eigenvalue weighted by atomic mass is 79.9. The molecule has 0 aliphatic rings. The molecule has 3 aromatic rings. The van der Waals surface area contributed by atoms with E-state index >= 15 is 0 Å². The highest BCUT2D eigenvalue weighted by Gasteiger charge is 2.08. The van der Waals surface area contributed by atoms with Gasteiger partial charge in [0.1, 0.15) is 11.6 Å². The van der Waals surface area contributed by atoms with E-state index in [0.29, 0.717) is 16.4 Å². The van der Waals surface area contributed by atoms with E-state index in [0.717, 1.165) is 5.69 Å². The second-order valence-electron chi connectivity index (χ2n) is 4.19. The van der Waals surface area contributed by atoms with E-state index in [2.05, 4.69) is 10.3 Å². The van der Waals surface area contributed by atoms with Crippen molar-refractivity contribution < 1.29 is 9.50 Å². The topological polar surface area (TPSA) is 45.1 Å². The maximum atomic E-state index is 12.8. The van der Waals surface area contributed by atoms with Crippen LogP contribution in [0.25, 0.3) is 11.3 Å². The Bertz CT molecular complexity index is 731. The van der Waals surface area contributed by atoms with E-state index in [9.17, 15) is 9.50 Å². The standard InChI is InChI=1S/C15H11FN2OS.BrH/c16-10-5-7-11(8-6-10)17-15-18-13(9-20-15)12-3-1-2-4-14(12)19;/h1-9,19H,(H,17,18);1H. The molecule has 0 aliphatic carbocycles. The number of nitrogens with zero attached hydrogens (tertiary/aromatic N) is 1. The predicted molar refractivity (Wildman–Crippen MR) is 89.2 cm³/mol. The number of benzene rings is 2. The van der Waals surface area contributed by atoms with E-state index < -0.39 is 0 Å². The molecule has 0 atom stereocenters. The van der Waals surface area contributed by atoms with Crippen LogP contribution in [-0.2, 0) is 0 Å². The lowest BCUT2D eigenvalue weighted by molar-refractivity contribution is 0.477. The summed E-state index contributed by atoms with van der Waals surface area (Å²) in [6.45, 7) is 0. The molecule has 0 aliphatic heterocycles. The van der Waals surface area contributed by atoms with Crippen LogP contribution < -0.4 is 5.32 Å². The highest BCUT2D eigenvalue weighted by molar-refractivity contribution is 8.93. The number of hydrogen-bond donors (Lipinski definition) is 2. The molecule has 2 aromatic carbocycles. The number of halogens is 2. The fourth-order valence-corrected chi connectivity index (χ4v) is 2.53. The van der Waals surface area contributed by atoms with E-state index in [1.165, 1.54) is 23.5 Å². The molecule has 1 aromatic heterocycles. The molecule has 3 nitrogen and oxygen atoms in total. The normalized spacial score (nSPS) is 9.95. The first-order valence-electron chi connectivity index (χ1n) is 5.99. The molecule has 0 fully saturated rings. The number of para-hydroxylation sites is 1. The van der Waals surface area contributed by atoms with Crippen LogP contribution in [-0.4, -0.2) is 10.1 Å². The van der Waals surface area contributed by atoms with Gasteiger partial charge in [0.15, 0.2) is 5.13 Å². The van der Waals surface area contributed by atoms with Crippen molar-refractivity contribution in [3.8, 4) is 17.0 Å². The van der Waals surface area contributed by atoms with Crippen molar-refractivity contribution in [3.63, 3.8) is 0 Å². The number of aromatic hydroxyl groups is 1. The van der Waals surface area contributed by atoms with Gasteiger partial charge in [0, 0.05) is 16.6 Å². The average Bonchev–Trinajstić information content (AvgIpc) is 2.90. The van der Waals surface area contributed by atoms with Crippen molar-refractivity contribution in [1.29, 1.82) is 0 Å². The van der Waals surface area contributed by atoms with Crippen molar-refractivity contribution in [1.82, 2.24) is 4.98 Å².